The van der Waals surface area contributed by atoms with E-state index in [0.29, 0.717) is 12.2 Å². The molecule has 0 atom stereocenters. The van der Waals surface area contributed by atoms with Crippen molar-refractivity contribution in [3.05, 3.63) is 70.9 Å². The zero-order chi connectivity index (χ0) is 14.8. The van der Waals surface area contributed by atoms with Crippen LogP contribution in [-0.4, -0.2) is 10.9 Å². The van der Waals surface area contributed by atoms with Gasteiger partial charge in [-0.05, 0) is 31.0 Å². The van der Waals surface area contributed by atoms with Crippen molar-refractivity contribution in [2.24, 2.45) is 0 Å². The van der Waals surface area contributed by atoms with E-state index in [0.717, 1.165) is 22.0 Å². The number of carbonyl (C=O) groups is 1. The van der Waals surface area contributed by atoms with Gasteiger partial charge in [-0.2, -0.15) is 0 Å². The van der Waals surface area contributed by atoms with Gasteiger partial charge in [0.15, 0.2) is 0 Å². The van der Waals surface area contributed by atoms with E-state index in [1.54, 1.807) is 0 Å². The molecular formula is C18H18N2O. The van der Waals surface area contributed by atoms with Crippen LogP contribution in [0.25, 0.3) is 10.9 Å². The van der Waals surface area contributed by atoms with Gasteiger partial charge in [0, 0.05) is 17.4 Å². The maximum absolute atomic E-state index is 12.3. The molecule has 0 saturated carbocycles. The highest BCUT2D eigenvalue weighted by Crippen LogP contribution is 2.21. The van der Waals surface area contributed by atoms with Crippen molar-refractivity contribution < 1.29 is 4.79 Å². The van der Waals surface area contributed by atoms with E-state index in [1.807, 2.05) is 43.3 Å². The molecule has 0 bridgehead atoms. The van der Waals surface area contributed by atoms with Crippen LogP contribution in [0.3, 0.4) is 0 Å². The molecule has 3 heteroatoms. The molecule has 0 saturated heterocycles. The highest BCUT2D eigenvalue weighted by molar-refractivity contribution is 6.00. The van der Waals surface area contributed by atoms with Crippen LogP contribution in [0.4, 0.5) is 0 Å². The minimum absolute atomic E-state index is 0.0655. The summed E-state index contributed by atoms with van der Waals surface area (Å²) in [6.07, 6.45) is 0. The first kappa shape index (κ1) is 13.4. The first-order valence-electron chi connectivity index (χ1n) is 7.06. The zero-order valence-corrected chi connectivity index (χ0v) is 12.2. The number of rotatable bonds is 3. The van der Waals surface area contributed by atoms with Crippen molar-refractivity contribution in [3.8, 4) is 0 Å². The third-order valence-corrected chi connectivity index (χ3v) is 3.77. The lowest BCUT2D eigenvalue weighted by molar-refractivity contribution is 0.0946. The Morgan fingerprint density at radius 1 is 1.05 bits per heavy atom. The molecule has 106 valence electrons. The Labute approximate surface area is 124 Å². The van der Waals surface area contributed by atoms with E-state index in [1.165, 1.54) is 5.56 Å². The second-order valence-electron chi connectivity index (χ2n) is 5.34. The standard InChI is InChI=1S/C18H18N2O/c1-12-7-9-14(10-8-12)11-19-18(21)17-13(2)15-5-3-4-6-16(15)20-17/h3-10,20H,11H2,1-2H3,(H,19,21). The number of aromatic nitrogens is 1. The molecule has 3 aromatic rings. The molecule has 0 fully saturated rings. The number of hydrogen-bond acceptors (Lipinski definition) is 1. The Balaban J connectivity index is 1.78. The molecule has 0 aliphatic rings. The molecule has 0 unspecified atom stereocenters. The summed E-state index contributed by atoms with van der Waals surface area (Å²) in [5.41, 5.74) is 4.95. The Morgan fingerprint density at radius 2 is 1.76 bits per heavy atom. The average molecular weight is 278 g/mol. The molecule has 0 spiro atoms. The van der Waals surface area contributed by atoms with Crippen LogP contribution in [0.5, 0.6) is 0 Å². The number of nitrogens with one attached hydrogen (secondary N) is 2. The molecular weight excluding hydrogens is 260 g/mol. The van der Waals surface area contributed by atoms with Crippen LogP contribution in [0.1, 0.15) is 27.2 Å². The number of benzene rings is 2. The summed E-state index contributed by atoms with van der Waals surface area (Å²) in [6.45, 7) is 4.56. The van der Waals surface area contributed by atoms with Crippen molar-refractivity contribution in [3.63, 3.8) is 0 Å². The number of carbonyl (C=O) groups excluding carboxylic acids is 1. The van der Waals surface area contributed by atoms with E-state index in [4.69, 9.17) is 0 Å². The quantitative estimate of drug-likeness (QED) is 0.753. The second kappa shape index (κ2) is 5.44. The molecule has 1 amide bonds. The van der Waals surface area contributed by atoms with Crippen molar-refractivity contribution in [1.82, 2.24) is 10.3 Å². The molecule has 2 N–H and O–H groups in total. The first-order valence-corrected chi connectivity index (χ1v) is 7.06. The van der Waals surface area contributed by atoms with Crippen molar-refractivity contribution in [2.75, 3.05) is 0 Å². The maximum atomic E-state index is 12.3. The summed E-state index contributed by atoms with van der Waals surface area (Å²) in [5.74, 6) is -0.0655. The van der Waals surface area contributed by atoms with Gasteiger partial charge in [0.25, 0.3) is 5.91 Å². The number of aryl methyl sites for hydroxylation is 2. The maximum Gasteiger partial charge on any atom is 0.268 e. The molecule has 0 radical (unpaired) electrons. The van der Waals surface area contributed by atoms with Gasteiger partial charge in [-0.25, -0.2) is 0 Å². The SMILES string of the molecule is Cc1ccc(CNC(=O)c2[nH]c3ccccc3c2C)cc1. The third-order valence-electron chi connectivity index (χ3n) is 3.77. The number of hydrogen-bond donors (Lipinski definition) is 2. The average Bonchev–Trinajstić information content (AvgIpc) is 2.84. The summed E-state index contributed by atoms with van der Waals surface area (Å²) in [5, 5.41) is 4.06. The Kier molecular flexibility index (Phi) is 3.48. The van der Waals surface area contributed by atoms with Gasteiger partial charge < -0.3 is 10.3 Å². The molecule has 3 rings (SSSR count). The van der Waals surface area contributed by atoms with Crippen LogP contribution in [0, 0.1) is 13.8 Å². The molecule has 0 aliphatic carbocycles. The summed E-state index contributed by atoms with van der Waals surface area (Å²) in [4.78, 5) is 15.5. The first-order chi connectivity index (χ1) is 10.1. The fraction of sp³-hybridized carbons (Fsp3) is 0.167. The number of amides is 1. The van der Waals surface area contributed by atoms with Crippen LogP contribution in [0.15, 0.2) is 48.5 Å². The summed E-state index contributed by atoms with van der Waals surface area (Å²) < 4.78 is 0. The monoisotopic (exact) mass is 278 g/mol. The van der Waals surface area contributed by atoms with E-state index >= 15 is 0 Å². The summed E-state index contributed by atoms with van der Waals surface area (Å²) in [6, 6.07) is 16.1. The smallest absolute Gasteiger partial charge is 0.268 e. The molecule has 2 aromatic carbocycles. The summed E-state index contributed by atoms with van der Waals surface area (Å²) >= 11 is 0. The molecule has 1 aromatic heterocycles. The van der Waals surface area contributed by atoms with Gasteiger partial charge >= 0.3 is 0 Å². The van der Waals surface area contributed by atoms with Gasteiger partial charge in [-0.3, -0.25) is 4.79 Å². The minimum atomic E-state index is -0.0655. The predicted octanol–water partition coefficient (Wildman–Crippen LogP) is 3.71. The lowest BCUT2D eigenvalue weighted by Gasteiger charge is -2.05. The van der Waals surface area contributed by atoms with Gasteiger partial charge in [0.2, 0.25) is 0 Å². The Morgan fingerprint density at radius 3 is 2.48 bits per heavy atom. The lowest BCUT2D eigenvalue weighted by Crippen LogP contribution is -2.23. The van der Waals surface area contributed by atoms with Gasteiger partial charge in [0.1, 0.15) is 5.69 Å². The van der Waals surface area contributed by atoms with Gasteiger partial charge in [-0.15, -0.1) is 0 Å². The number of aromatic amines is 1. The minimum Gasteiger partial charge on any atom is -0.350 e. The van der Waals surface area contributed by atoms with E-state index < -0.39 is 0 Å². The fourth-order valence-electron chi connectivity index (χ4n) is 2.49. The highest BCUT2D eigenvalue weighted by atomic mass is 16.1. The Hall–Kier alpha value is -2.55. The molecule has 21 heavy (non-hydrogen) atoms. The van der Waals surface area contributed by atoms with Gasteiger partial charge in [0.05, 0.1) is 0 Å². The topological polar surface area (TPSA) is 44.9 Å². The predicted molar refractivity (Wildman–Crippen MR) is 85.4 cm³/mol. The molecule has 3 nitrogen and oxygen atoms in total. The van der Waals surface area contributed by atoms with Crippen molar-refractivity contribution >= 4 is 16.8 Å². The van der Waals surface area contributed by atoms with Crippen LogP contribution in [-0.2, 0) is 6.54 Å². The Bertz CT molecular complexity index is 785. The fourth-order valence-corrected chi connectivity index (χ4v) is 2.49. The van der Waals surface area contributed by atoms with Crippen LogP contribution in [0.2, 0.25) is 0 Å². The van der Waals surface area contributed by atoms with Crippen LogP contribution < -0.4 is 5.32 Å². The van der Waals surface area contributed by atoms with E-state index in [-0.39, 0.29) is 5.91 Å². The number of para-hydroxylation sites is 1. The van der Waals surface area contributed by atoms with Crippen LogP contribution >= 0.6 is 0 Å². The van der Waals surface area contributed by atoms with Crippen molar-refractivity contribution in [2.45, 2.75) is 20.4 Å². The number of H-pyrrole nitrogens is 1. The molecule has 1 heterocycles. The van der Waals surface area contributed by atoms with E-state index in [9.17, 15) is 4.79 Å². The third kappa shape index (κ3) is 2.68. The van der Waals surface area contributed by atoms with Gasteiger partial charge in [-0.1, -0.05) is 48.0 Å². The number of fused-ring (bicyclic) bond motifs is 1. The second-order valence-corrected chi connectivity index (χ2v) is 5.34. The molecule has 0 aliphatic heterocycles. The van der Waals surface area contributed by atoms with E-state index in [2.05, 4.69) is 29.4 Å². The largest absolute Gasteiger partial charge is 0.350 e. The highest BCUT2D eigenvalue weighted by Gasteiger charge is 2.13. The zero-order valence-electron chi connectivity index (χ0n) is 12.2. The van der Waals surface area contributed by atoms with Crippen molar-refractivity contribution in [1.29, 1.82) is 0 Å². The summed E-state index contributed by atoms with van der Waals surface area (Å²) in [7, 11) is 0. The normalized spacial score (nSPS) is 10.8. The lowest BCUT2D eigenvalue weighted by atomic mass is 10.1.